The Bertz CT molecular complexity index is 515. The second-order valence-electron chi connectivity index (χ2n) is 3.52. The van der Waals surface area contributed by atoms with Crippen molar-refractivity contribution in [2.75, 3.05) is 17.8 Å². The van der Waals surface area contributed by atoms with Crippen LogP contribution in [0, 0.1) is 0 Å². The Morgan fingerprint density at radius 2 is 2.12 bits per heavy atom. The van der Waals surface area contributed by atoms with E-state index in [1.165, 1.54) is 0 Å². The molecular weight excluding hydrogens is 280 g/mol. The number of hydrogen-bond donors (Lipinski definition) is 2. The van der Waals surface area contributed by atoms with Crippen molar-refractivity contribution in [3.8, 4) is 0 Å². The van der Waals surface area contributed by atoms with Crippen molar-refractivity contribution >= 4 is 33.1 Å². The van der Waals surface area contributed by atoms with E-state index in [-0.39, 0.29) is 0 Å². The molecule has 1 aromatic carbocycles. The van der Waals surface area contributed by atoms with Crippen LogP contribution in [0.1, 0.15) is 0 Å². The van der Waals surface area contributed by atoms with E-state index >= 15 is 0 Å². The van der Waals surface area contributed by atoms with Crippen LogP contribution in [-0.4, -0.2) is 12.0 Å². The molecule has 2 aromatic rings. The van der Waals surface area contributed by atoms with Gasteiger partial charge in [-0.3, -0.25) is 0 Å². The largest absolute Gasteiger partial charge is 0.396 e. The van der Waals surface area contributed by atoms with Crippen LogP contribution in [0.3, 0.4) is 0 Å². The van der Waals surface area contributed by atoms with Gasteiger partial charge in [-0.15, -0.1) is 0 Å². The molecule has 4 N–H and O–H groups in total. The molecule has 17 heavy (non-hydrogen) atoms. The lowest BCUT2D eigenvalue weighted by molar-refractivity contribution is -0.630. The summed E-state index contributed by atoms with van der Waals surface area (Å²) in [5.74, 6) is 0.744. The Kier molecular flexibility index (Phi) is 3.61. The molecule has 0 bridgehead atoms. The summed E-state index contributed by atoms with van der Waals surface area (Å²) >= 11 is 3.46. The second kappa shape index (κ2) is 5.16. The fourth-order valence-electron chi connectivity index (χ4n) is 1.63. The molecule has 0 amide bonds. The van der Waals surface area contributed by atoms with Crippen LogP contribution in [0.15, 0.2) is 47.1 Å². The quantitative estimate of drug-likeness (QED) is 0.669. The van der Waals surface area contributed by atoms with Crippen LogP contribution in [0.25, 0.3) is 0 Å². The van der Waals surface area contributed by atoms with Gasteiger partial charge in [0.15, 0.2) is 0 Å². The molecule has 0 saturated heterocycles. The summed E-state index contributed by atoms with van der Waals surface area (Å²) in [5.41, 5.74) is 9.56. The predicted molar refractivity (Wildman–Crippen MR) is 72.8 cm³/mol. The molecule has 0 aliphatic rings. The Morgan fingerprint density at radius 3 is 2.76 bits per heavy atom. The van der Waals surface area contributed by atoms with Gasteiger partial charge in [-0.1, -0.05) is 22.0 Å². The summed E-state index contributed by atoms with van der Waals surface area (Å²) in [6, 6.07) is 11.7. The smallest absolute Gasteiger partial charge is 0.205 e. The molecule has 0 saturated carbocycles. The van der Waals surface area contributed by atoms with E-state index in [1.807, 2.05) is 53.9 Å². The highest BCUT2D eigenvalue weighted by atomic mass is 79.9. The average molecular weight is 294 g/mol. The maximum Gasteiger partial charge on any atom is 0.205 e. The molecule has 0 spiro atoms. The van der Waals surface area contributed by atoms with Gasteiger partial charge in [-0.05, 0) is 30.3 Å². The van der Waals surface area contributed by atoms with Crippen molar-refractivity contribution < 1.29 is 5.43 Å². The number of benzene rings is 1. The number of nitrogen functional groups attached to an aromatic ring is 1. The van der Waals surface area contributed by atoms with Gasteiger partial charge in [0.25, 0.3) is 0 Å². The normalized spacial score (nSPS) is 10.2. The van der Waals surface area contributed by atoms with Crippen LogP contribution in [-0.2, 0) is 0 Å². The molecule has 88 valence electrons. The maximum atomic E-state index is 5.94. The van der Waals surface area contributed by atoms with E-state index < -0.39 is 0 Å². The Hall–Kier alpha value is -1.59. The molecule has 0 unspecified atom stereocenters. The molecular formula is C12H14BrN4+. The third kappa shape index (κ3) is 2.57. The lowest BCUT2D eigenvalue weighted by Crippen LogP contribution is -2.89. The van der Waals surface area contributed by atoms with E-state index in [0.717, 1.165) is 16.0 Å². The van der Waals surface area contributed by atoms with Crippen molar-refractivity contribution in [3.05, 3.63) is 47.1 Å². The zero-order valence-electron chi connectivity index (χ0n) is 9.47. The summed E-state index contributed by atoms with van der Waals surface area (Å²) in [4.78, 5) is 4.31. The zero-order chi connectivity index (χ0) is 12.3. The topological polar surface area (TPSA) is 58.8 Å². The first-order valence-corrected chi connectivity index (χ1v) is 6.06. The molecule has 4 nitrogen and oxygen atoms in total. The summed E-state index contributed by atoms with van der Waals surface area (Å²) < 4.78 is 1.02. The molecule has 2 rings (SSSR count). The molecule has 0 atom stereocenters. The van der Waals surface area contributed by atoms with E-state index in [0.29, 0.717) is 5.69 Å². The Balaban J connectivity index is 2.44. The summed E-state index contributed by atoms with van der Waals surface area (Å²) in [7, 11) is 1.95. The number of nitrogens with two attached hydrogens (primary N) is 2. The predicted octanol–water partition coefficient (Wildman–Crippen LogP) is 1.67. The maximum absolute atomic E-state index is 5.94. The number of anilines is 3. The molecule has 0 aliphatic carbocycles. The minimum Gasteiger partial charge on any atom is -0.396 e. The third-order valence-corrected chi connectivity index (χ3v) is 2.88. The fourth-order valence-corrected chi connectivity index (χ4v) is 2.02. The van der Waals surface area contributed by atoms with Crippen molar-refractivity contribution in [2.45, 2.75) is 0 Å². The molecule has 0 radical (unpaired) electrons. The first kappa shape index (κ1) is 11.9. The summed E-state index contributed by atoms with van der Waals surface area (Å²) in [6.45, 7) is 0. The van der Waals surface area contributed by atoms with Crippen molar-refractivity contribution in [2.24, 2.45) is 0 Å². The minimum absolute atomic E-state index is 0.658. The number of hydrogen-bond acceptors (Lipinski definition) is 3. The fraction of sp³-hybridized carbons (Fsp3) is 0.0833. The van der Waals surface area contributed by atoms with E-state index in [9.17, 15) is 0 Å². The number of aromatic nitrogens is 1. The van der Waals surface area contributed by atoms with Crippen LogP contribution in [0.5, 0.6) is 0 Å². The first-order valence-electron chi connectivity index (χ1n) is 5.27. The Labute approximate surface area is 109 Å². The summed E-state index contributed by atoms with van der Waals surface area (Å²) in [6.07, 6.45) is 1.74. The van der Waals surface area contributed by atoms with Crippen LogP contribution in [0.4, 0.5) is 17.2 Å². The lowest BCUT2D eigenvalue weighted by atomic mass is 10.3. The van der Waals surface area contributed by atoms with Gasteiger partial charge in [0.1, 0.15) is 0 Å². The number of pyridine rings is 1. The van der Waals surface area contributed by atoms with Gasteiger partial charge < -0.3 is 5.73 Å². The number of halogens is 1. The standard InChI is InChI=1S/C12H13BrN4/c1-15-17(10-5-2-4-9(13)8-10)12-11(14)6-3-7-16-12/h2-8,15H,14H2,1H3/p+1. The number of rotatable bonds is 3. The highest BCUT2D eigenvalue weighted by molar-refractivity contribution is 9.10. The van der Waals surface area contributed by atoms with Crippen LogP contribution in [0.2, 0.25) is 0 Å². The van der Waals surface area contributed by atoms with Gasteiger partial charge in [-0.25, -0.2) is 10.4 Å². The van der Waals surface area contributed by atoms with E-state index in [2.05, 4.69) is 20.9 Å². The first-order chi connectivity index (χ1) is 8.22. The lowest BCUT2D eigenvalue weighted by Gasteiger charge is -2.19. The van der Waals surface area contributed by atoms with Crippen molar-refractivity contribution in [3.63, 3.8) is 0 Å². The highest BCUT2D eigenvalue weighted by Crippen LogP contribution is 2.25. The third-order valence-electron chi connectivity index (χ3n) is 2.39. The van der Waals surface area contributed by atoms with E-state index in [1.54, 1.807) is 6.20 Å². The average Bonchev–Trinajstić information content (AvgIpc) is 2.33. The number of nitrogens with zero attached hydrogens (tertiary/aromatic N) is 2. The zero-order valence-corrected chi connectivity index (χ0v) is 11.1. The van der Waals surface area contributed by atoms with Crippen molar-refractivity contribution in [1.82, 2.24) is 4.98 Å². The van der Waals surface area contributed by atoms with Gasteiger partial charge >= 0.3 is 0 Å². The molecule has 5 heteroatoms. The SMILES string of the molecule is C[NH2+]N(c1cccc(Br)c1)c1ncccc1N. The minimum atomic E-state index is 0.658. The van der Waals surface area contributed by atoms with Gasteiger partial charge in [0, 0.05) is 10.7 Å². The molecule has 1 aromatic heterocycles. The summed E-state index contributed by atoms with van der Waals surface area (Å²) in [5, 5.41) is 1.96. The highest BCUT2D eigenvalue weighted by Gasteiger charge is 2.14. The van der Waals surface area contributed by atoms with Gasteiger partial charge in [0.05, 0.1) is 18.4 Å². The molecule has 0 aliphatic heterocycles. The second-order valence-corrected chi connectivity index (χ2v) is 4.44. The van der Waals surface area contributed by atoms with Gasteiger partial charge in [0.2, 0.25) is 5.82 Å². The van der Waals surface area contributed by atoms with Gasteiger partial charge in [-0.2, -0.15) is 5.01 Å². The van der Waals surface area contributed by atoms with Crippen LogP contribution < -0.4 is 16.2 Å². The van der Waals surface area contributed by atoms with E-state index in [4.69, 9.17) is 5.73 Å². The monoisotopic (exact) mass is 293 g/mol. The molecule has 1 heterocycles. The number of quaternary nitrogens is 1. The van der Waals surface area contributed by atoms with Crippen molar-refractivity contribution in [1.29, 1.82) is 0 Å². The Morgan fingerprint density at radius 1 is 1.29 bits per heavy atom. The molecule has 0 fully saturated rings. The van der Waals surface area contributed by atoms with Crippen LogP contribution >= 0.6 is 15.9 Å².